The molecule has 2 heterocycles. The minimum Gasteiger partial charge on any atom is -0.373 e. The fourth-order valence-electron chi connectivity index (χ4n) is 2.85. The molecule has 1 spiro atoms. The minimum absolute atomic E-state index is 0.208. The van der Waals surface area contributed by atoms with E-state index in [1.807, 2.05) is 12.1 Å². The van der Waals surface area contributed by atoms with Crippen molar-refractivity contribution in [2.75, 3.05) is 13.2 Å². The first-order chi connectivity index (χ1) is 9.81. The van der Waals surface area contributed by atoms with Crippen molar-refractivity contribution in [2.45, 2.75) is 44.2 Å². The van der Waals surface area contributed by atoms with Crippen molar-refractivity contribution < 1.29 is 14.2 Å². The lowest BCUT2D eigenvalue weighted by Gasteiger charge is -2.35. The molecule has 0 amide bonds. The number of hydrogen-bond donors (Lipinski definition) is 0. The number of hydrogen-bond acceptors (Lipinski definition) is 5. The molecule has 3 rings (SSSR count). The molecule has 0 radical (unpaired) electrons. The van der Waals surface area contributed by atoms with Crippen LogP contribution in [0, 0.1) is 11.3 Å². The Morgan fingerprint density at radius 3 is 2.80 bits per heavy atom. The van der Waals surface area contributed by atoms with E-state index in [0.29, 0.717) is 25.5 Å². The summed E-state index contributed by atoms with van der Waals surface area (Å²) in [5, 5.41) is 8.99. The van der Waals surface area contributed by atoms with Gasteiger partial charge in [0, 0.05) is 24.6 Å². The molecule has 106 valence electrons. The van der Waals surface area contributed by atoms with Gasteiger partial charge in [0.2, 0.25) is 0 Å². The molecule has 2 aliphatic rings. The quantitative estimate of drug-likeness (QED) is 0.845. The molecule has 20 heavy (non-hydrogen) atoms. The van der Waals surface area contributed by atoms with E-state index < -0.39 is 0 Å². The molecule has 0 aromatic carbocycles. The van der Waals surface area contributed by atoms with Gasteiger partial charge in [-0.1, -0.05) is 6.07 Å². The monoisotopic (exact) mass is 274 g/mol. The molecule has 0 N–H and O–H groups in total. The third kappa shape index (κ3) is 2.83. The number of nitrogens with zero attached hydrogens (tertiary/aromatic N) is 2. The summed E-state index contributed by atoms with van der Waals surface area (Å²) in [6.07, 6.45) is 5.47. The Balaban J connectivity index is 1.52. The second-order valence-electron chi connectivity index (χ2n) is 5.24. The van der Waals surface area contributed by atoms with Crippen LogP contribution in [0.25, 0.3) is 0 Å². The van der Waals surface area contributed by atoms with Crippen molar-refractivity contribution >= 4 is 0 Å². The van der Waals surface area contributed by atoms with Gasteiger partial charge >= 0.3 is 0 Å². The Morgan fingerprint density at radius 1 is 1.35 bits per heavy atom. The van der Waals surface area contributed by atoms with E-state index in [1.165, 1.54) is 0 Å². The first kappa shape index (κ1) is 13.5. The summed E-state index contributed by atoms with van der Waals surface area (Å²) in [7, 11) is 0. The lowest BCUT2D eigenvalue weighted by atomic mass is 9.92. The molecular formula is C15H18N2O3. The molecule has 1 aromatic heterocycles. The van der Waals surface area contributed by atoms with Crippen LogP contribution in [0.15, 0.2) is 18.3 Å². The molecule has 5 heteroatoms. The van der Waals surface area contributed by atoms with Gasteiger partial charge < -0.3 is 14.2 Å². The molecule has 0 unspecified atom stereocenters. The summed E-state index contributed by atoms with van der Waals surface area (Å²) in [4.78, 5) is 4.04. The standard InChI is InChI=1S/C15H18N2O3/c16-10-14-12(2-1-7-17-14)11-18-13-3-5-15(6-4-13)19-8-9-20-15/h1-2,7,13H,3-6,8-9,11H2. The number of rotatable bonds is 3. The van der Waals surface area contributed by atoms with Gasteiger partial charge in [0.25, 0.3) is 0 Å². The summed E-state index contributed by atoms with van der Waals surface area (Å²) in [6.45, 7) is 1.84. The predicted molar refractivity (Wildman–Crippen MR) is 70.6 cm³/mol. The molecule has 1 aromatic rings. The number of nitriles is 1. The van der Waals surface area contributed by atoms with Crippen LogP contribution < -0.4 is 0 Å². The van der Waals surface area contributed by atoms with Gasteiger partial charge in [-0.05, 0) is 18.9 Å². The third-order valence-corrected chi connectivity index (χ3v) is 3.98. The third-order valence-electron chi connectivity index (χ3n) is 3.98. The van der Waals surface area contributed by atoms with Gasteiger partial charge in [0.05, 0.1) is 25.9 Å². The largest absolute Gasteiger partial charge is 0.373 e. The molecular weight excluding hydrogens is 256 g/mol. The summed E-state index contributed by atoms with van der Waals surface area (Å²) in [6, 6.07) is 5.81. The van der Waals surface area contributed by atoms with Crippen LogP contribution in [-0.4, -0.2) is 30.1 Å². The molecule has 1 aliphatic heterocycles. The number of pyridine rings is 1. The van der Waals surface area contributed by atoms with Gasteiger partial charge in [-0.15, -0.1) is 0 Å². The van der Waals surface area contributed by atoms with Crippen LogP contribution in [0.3, 0.4) is 0 Å². The van der Waals surface area contributed by atoms with E-state index in [2.05, 4.69) is 11.1 Å². The van der Waals surface area contributed by atoms with Crippen LogP contribution in [0.2, 0.25) is 0 Å². The zero-order valence-corrected chi connectivity index (χ0v) is 11.4. The van der Waals surface area contributed by atoms with Crippen LogP contribution in [0.4, 0.5) is 0 Å². The molecule has 1 aliphatic carbocycles. The Bertz CT molecular complexity index is 496. The molecule has 0 bridgehead atoms. The van der Waals surface area contributed by atoms with Gasteiger partial charge in [-0.3, -0.25) is 0 Å². The Labute approximate surface area is 118 Å². The zero-order chi connectivity index (χ0) is 13.8. The smallest absolute Gasteiger partial charge is 0.168 e. The van der Waals surface area contributed by atoms with Crippen molar-refractivity contribution in [3.05, 3.63) is 29.6 Å². The van der Waals surface area contributed by atoms with E-state index in [-0.39, 0.29) is 11.9 Å². The Kier molecular flexibility index (Phi) is 3.97. The van der Waals surface area contributed by atoms with Crippen molar-refractivity contribution in [1.29, 1.82) is 5.26 Å². The molecule has 5 nitrogen and oxygen atoms in total. The highest BCUT2D eigenvalue weighted by atomic mass is 16.7. The first-order valence-electron chi connectivity index (χ1n) is 7.05. The van der Waals surface area contributed by atoms with E-state index >= 15 is 0 Å². The first-order valence-corrected chi connectivity index (χ1v) is 7.05. The van der Waals surface area contributed by atoms with Gasteiger partial charge in [0.15, 0.2) is 5.79 Å². The van der Waals surface area contributed by atoms with Gasteiger partial charge in [-0.25, -0.2) is 4.98 Å². The van der Waals surface area contributed by atoms with Crippen LogP contribution >= 0.6 is 0 Å². The topological polar surface area (TPSA) is 64.4 Å². The predicted octanol–water partition coefficient (Wildman–Crippen LogP) is 2.16. The van der Waals surface area contributed by atoms with E-state index in [0.717, 1.165) is 31.2 Å². The van der Waals surface area contributed by atoms with Crippen molar-refractivity contribution in [3.63, 3.8) is 0 Å². The van der Waals surface area contributed by atoms with Crippen molar-refractivity contribution in [2.24, 2.45) is 0 Å². The highest BCUT2D eigenvalue weighted by Crippen LogP contribution is 2.36. The number of aromatic nitrogens is 1. The Hall–Kier alpha value is -1.48. The second kappa shape index (κ2) is 5.88. The fraction of sp³-hybridized carbons (Fsp3) is 0.600. The number of ether oxygens (including phenoxy) is 3. The highest BCUT2D eigenvalue weighted by Gasteiger charge is 2.40. The molecule has 2 fully saturated rings. The summed E-state index contributed by atoms with van der Waals surface area (Å²) in [5.41, 5.74) is 1.30. The average Bonchev–Trinajstić information content (AvgIpc) is 2.95. The maximum atomic E-state index is 8.99. The summed E-state index contributed by atoms with van der Waals surface area (Å²) in [5.74, 6) is -0.341. The SMILES string of the molecule is N#Cc1ncccc1COC1CCC2(CC1)OCCO2. The van der Waals surface area contributed by atoms with Crippen LogP contribution in [0.1, 0.15) is 36.9 Å². The molecule has 1 saturated heterocycles. The lowest BCUT2D eigenvalue weighted by molar-refractivity contribution is -0.192. The normalized spacial score (nSPS) is 21.9. The lowest BCUT2D eigenvalue weighted by Crippen LogP contribution is -2.37. The zero-order valence-electron chi connectivity index (χ0n) is 11.4. The molecule has 0 atom stereocenters. The minimum atomic E-state index is -0.341. The highest BCUT2D eigenvalue weighted by molar-refractivity contribution is 5.29. The van der Waals surface area contributed by atoms with E-state index in [4.69, 9.17) is 19.5 Å². The second-order valence-corrected chi connectivity index (χ2v) is 5.24. The molecule has 1 saturated carbocycles. The van der Waals surface area contributed by atoms with Crippen LogP contribution in [0.5, 0.6) is 0 Å². The fourth-order valence-corrected chi connectivity index (χ4v) is 2.85. The maximum absolute atomic E-state index is 8.99. The Morgan fingerprint density at radius 2 is 2.10 bits per heavy atom. The summed E-state index contributed by atoms with van der Waals surface area (Å²) >= 11 is 0. The maximum Gasteiger partial charge on any atom is 0.168 e. The van der Waals surface area contributed by atoms with E-state index in [1.54, 1.807) is 6.20 Å². The van der Waals surface area contributed by atoms with Crippen molar-refractivity contribution in [1.82, 2.24) is 4.98 Å². The average molecular weight is 274 g/mol. The van der Waals surface area contributed by atoms with E-state index in [9.17, 15) is 0 Å². The van der Waals surface area contributed by atoms with Crippen molar-refractivity contribution in [3.8, 4) is 6.07 Å². The van der Waals surface area contributed by atoms with Gasteiger partial charge in [-0.2, -0.15) is 5.26 Å². The van der Waals surface area contributed by atoms with Gasteiger partial charge in [0.1, 0.15) is 11.8 Å². The summed E-state index contributed by atoms with van der Waals surface area (Å²) < 4.78 is 17.3. The van der Waals surface area contributed by atoms with Crippen LogP contribution in [-0.2, 0) is 20.8 Å².